The summed E-state index contributed by atoms with van der Waals surface area (Å²) in [4.78, 5) is 28.4. The molecule has 2 aliphatic carbocycles. The number of benzene rings is 1. The van der Waals surface area contributed by atoms with E-state index in [1.165, 1.54) is 0 Å². The van der Waals surface area contributed by atoms with Crippen molar-refractivity contribution in [2.45, 2.75) is 45.8 Å². The van der Waals surface area contributed by atoms with Crippen LogP contribution in [0.3, 0.4) is 0 Å². The van der Waals surface area contributed by atoms with E-state index in [0.717, 1.165) is 12.0 Å². The van der Waals surface area contributed by atoms with Crippen LogP contribution in [0, 0.1) is 22.7 Å². The number of hydrogen-bond donors (Lipinski definition) is 1. The molecule has 1 aromatic carbocycles. The number of likely N-dealkylation sites (tertiary alicyclic amines) is 1. The first-order valence-corrected chi connectivity index (χ1v) is 8.92. The fourth-order valence-electron chi connectivity index (χ4n) is 5.59. The van der Waals surface area contributed by atoms with Crippen LogP contribution in [-0.4, -0.2) is 34.3 Å². The summed E-state index contributed by atoms with van der Waals surface area (Å²) in [7, 11) is 0. The van der Waals surface area contributed by atoms with Crippen LogP contribution in [-0.2, 0) is 16.1 Å². The molecular weight excluding hydrogens is 302 g/mol. The maximum absolute atomic E-state index is 13.4. The first-order valence-electron chi connectivity index (χ1n) is 8.92. The smallest absolute Gasteiger partial charge is 0.236 e. The monoisotopic (exact) mass is 327 g/mol. The third kappa shape index (κ3) is 2.02. The molecule has 4 heteroatoms. The second-order valence-corrected chi connectivity index (χ2v) is 8.48. The molecule has 4 atom stereocenters. The summed E-state index contributed by atoms with van der Waals surface area (Å²) in [6.07, 6.45) is 1.38. The van der Waals surface area contributed by atoms with Gasteiger partial charge in [0.2, 0.25) is 5.91 Å². The maximum Gasteiger partial charge on any atom is 0.236 e. The molecule has 3 aliphatic rings. The Bertz CT molecular complexity index is 683. The predicted molar refractivity (Wildman–Crippen MR) is 89.9 cm³/mol. The van der Waals surface area contributed by atoms with Crippen molar-refractivity contribution in [1.82, 2.24) is 4.90 Å². The number of Topliss-reactive ketones (excluding diaryl/α,β-unsaturated/α-hetero) is 1. The summed E-state index contributed by atoms with van der Waals surface area (Å²) in [6.45, 7) is 5.29. The van der Waals surface area contributed by atoms with Crippen LogP contribution < -0.4 is 0 Å². The van der Waals surface area contributed by atoms with E-state index in [1.807, 2.05) is 49.1 Å². The third-order valence-corrected chi connectivity index (χ3v) is 6.54. The third-order valence-electron chi connectivity index (χ3n) is 6.54. The van der Waals surface area contributed by atoms with E-state index in [2.05, 4.69) is 0 Å². The average molecular weight is 327 g/mol. The average Bonchev–Trinajstić information content (AvgIpc) is 2.68. The van der Waals surface area contributed by atoms with Gasteiger partial charge in [0.15, 0.2) is 5.78 Å². The minimum Gasteiger partial charge on any atom is -0.392 e. The number of fused-ring (bicyclic) bond motifs is 1. The Morgan fingerprint density at radius 3 is 2.62 bits per heavy atom. The summed E-state index contributed by atoms with van der Waals surface area (Å²) in [6, 6.07) is 9.95. The summed E-state index contributed by atoms with van der Waals surface area (Å²) >= 11 is 0. The minimum atomic E-state index is -0.888. The van der Waals surface area contributed by atoms with Gasteiger partial charge in [0.25, 0.3) is 0 Å². The Hall–Kier alpha value is -1.68. The van der Waals surface area contributed by atoms with E-state index in [9.17, 15) is 14.7 Å². The molecule has 2 bridgehead atoms. The zero-order valence-electron chi connectivity index (χ0n) is 14.4. The van der Waals surface area contributed by atoms with Crippen molar-refractivity contribution in [3.8, 4) is 0 Å². The number of aliphatic hydroxyl groups is 1. The summed E-state index contributed by atoms with van der Waals surface area (Å²) < 4.78 is 0. The van der Waals surface area contributed by atoms with Crippen molar-refractivity contribution in [2.24, 2.45) is 22.7 Å². The molecule has 0 radical (unpaired) electrons. The number of ketones is 1. The molecule has 1 spiro atoms. The standard InChI is InChI=1S/C20H25NO3/c1-19(2)12-20-14(10-15(22)16(19)17(20)23)8-9-21(18(20)24)11-13-6-4-3-5-7-13/h3-7,14-16,22H,8-12H2,1-2H3/t14-,15?,16-,20-/m1/s1. The quantitative estimate of drug-likeness (QED) is 0.849. The van der Waals surface area contributed by atoms with Crippen LogP contribution in [0.15, 0.2) is 30.3 Å². The molecule has 1 heterocycles. The van der Waals surface area contributed by atoms with Gasteiger partial charge >= 0.3 is 0 Å². The first kappa shape index (κ1) is 15.8. The fraction of sp³-hybridized carbons (Fsp3) is 0.600. The summed E-state index contributed by atoms with van der Waals surface area (Å²) in [5, 5.41) is 10.5. The zero-order chi connectivity index (χ0) is 17.1. The largest absolute Gasteiger partial charge is 0.392 e. The lowest BCUT2D eigenvalue weighted by molar-refractivity contribution is -0.164. The second-order valence-electron chi connectivity index (χ2n) is 8.48. The lowest BCUT2D eigenvalue weighted by atomic mass is 9.62. The highest BCUT2D eigenvalue weighted by Crippen LogP contribution is 2.62. The van der Waals surface area contributed by atoms with Crippen LogP contribution in [0.25, 0.3) is 0 Å². The highest BCUT2D eigenvalue weighted by atomic mass is 16.3. The topological polar surface area (TPSA) is 57.6 Å². The number of aliphatic hydroxyl groups excluding tert-OH is 1. The molecule has 1 aliphatic heterocycles. The van der Waals surface area contributed by atoms with Gasteiger partial charge in [-0.05, 0) is 36.2 Å². The van der Waals surface area contributed by atoms with Crippen LogP contribution in [0.2, 0.25) is 0 Å². The molecule has 3 fully saturated rings. The van der Waals surface area contributed by atoms with Gasteiger partial charge in [-0.15, -0.1) is 0 Å². The number of hydrogen-bond acceptors (Lipinski definition) is 3. The van der Waals surface area contributed by atoms with E-state index in [-0.39, 0.29) is 23.0 Å². The maximum atomic E-state index is 13.4. The lowest BCUT2D eigenvalue weighted by Crippen LogP contribution is -2.59. The number of carbonyl (C=O) groups excluding carboxylic acids is 2. The van der Waals surface area contributed by atoms with E-state index in [1.54, 1.807) is 0 Å². The molecule has 1 aromatic rings. The van der Waals surface area contributed by atoms with Crippen LogP contribution in [0.5, 0.6) is 0 Å². The number of carbonyl (C=O) groups is 2. The molecule has 1 N–H and O–H groups in total. The van der Waals surface area contributed by atoms with Gasteiger partial charge in [-0.2, -0.15) is 0 Å². The number of nitrogens with zero attached hydrogens (tertiary/aromatic N) is 1. The van der Waals surface area contributed by atoms with Gasteiger partial charge in [-0.1, -0.05) is 44.2 Å². The number of piperidine rings is 1. The predicted octanol–water partition coefficient (Wildman–Crippen LogP) is 2.40. The lowest BCUT2D eigenvalue weighted by Gasteiger charge is -2.47. The Morgan fingerprint density at radius 1 is 1.21 bits per heavy atom. The summed E-state index contributed by atoms with van der Waals surface area (Å²) in [5.41, 5.74) is -0.102. The van der Waals surface area contributed by atoms with Crippen molar-refractivity contribution in [3.05, 3.63) is 35.9 Å². The Morgan fingerprint density at radius 2 is 1.92 bits per heavy atom. The molecule has 1 saturated heterocycles. The van der Waals surface area contributed by atoms with Gasteiger partial charge in [-0.25, -0.2) is 0 Å². The molecule has 0 aromatic heterocycles. The molecule has 128 valence electrons. The molecule has 4 rings (SSSR count). The van der Waals surface area contributed by atoms with E-state index in [4.69, 9.17) is 0 Å². The van der Waals surface area contributed by atoms with Gasteiger partial charge < -0.3 is 10.0 Å². The van der Waals surface area contributed by atoms with Crippen molar-refractivity contribution < 1.29 is 14.7 Å². The molecule has 4 nitrogen and oxygen atoms in total. The highest BCUT2D eigenvalue weighted by molar-refractivity contribution is 6.10. The first-order chi connectivity index (χ1) is 11.4. The number of amides is 1. The normalized spacial score (nSPS) is 37.5. The highest BCUT2D eigenvalue weighted by Gasteiger charge is 2.70. The molecular formula is C20H25NO3. The van der Waals surface area contributed by atoms with Gasteiger partial charge in [0, 0.05) is 19.0 Å². The summed E-state index contributed by atoms with van der Waals surface area (Å²) in [5.74, 6) is -0.402. The SMILES string of the molecule is CC1(C)C[C@]23C(=O)[C@H]1C(O)C[C@H]2CCN(Cc1ccccc1)C3=O. The van der Waals surface area contributed by atoms with Crippen LogP contribution in [0.1, 0.15) is 38.7 Å². The molecule has 1 amide bonds. The molecule has 2 saturated carbocycles. The van der Waals surface area contributed by atoms with Crippen molar-refractivity contribution in [1.29, 1.82) is 0 Å². The van der Waals surface area contributed by atoms with E-state index < -0.39 is 17.4 Å². The van der Waals surface area contributed by atoms with E-state index in [0.29, 0.717) is 25.9 Å². The second kappa shape index (κ2) is 5.16. The van der Waals surface area contributed by atoms with Crippen LogP contribution >= 0.6 is 0 Å². The van der Waals surface area contributed by atoms with Gasteiger partial charge in [0.05, 0.1) is 6.10 Å². The van der Waals surface area contributed by atoms with Gasteiger partial charge in [0.1, 0.15) is 5.41 Å². The van der Waals surface area contributed by atoms with Gasteiger partial charge in [-0.3, -0.25) is 9.59 Å². The van der Waals surface area contributed by atoms with E-state index >= 15 is 0 Å². The van der Waals surface area contributed by atoms with Crippen molar-refractivity contribution >= 4 is 11.7 Å². The van der Waals surface area contributed by atoms with Crippen molar-refractivity contribution in [2.75, 3.05) is 6.54 Å². The Kier molecular flexibility index (Phi) is 3.40. The van der Waals surface area contributed by atoms with Crippen molar-refractivity contribution in [3.63, 3.8) is 0 Å². The minimum absolute atomic E-state index is 0.000915. The van der Waals surface area contributed by atoms with Crippen LogP contribution in [0.4, 0.5) is 0 Å². The fourth-order valence-corrected chi connectivity index (χ4v) is 5.59. The molecule has 1 unspecified atom stereocenters. The Labute approximate surface area is 142 Å². The number of rotatable bonds is 2. The Balaban J connectivity index is 1.68. The molecule has 24 heavy (non-hydrogen) atoms. The zero-order valence-corrected chi connectivity index (χ0v) is 14.4.